The zero-order valence-corrected chi connectivity index (χ0v) is 28.8. The third-order valence-corrected chi connectivity index (χ3v) is 9.01. The van der Waals surface area contributed by atoms with Gasteiger partial charge >= 0.3 is 0 Å². The second kappa shape index (κ2) is 18.4. The first kappa shape index (κ1) is 35.1. The molecule has 0 saturated heterocycles. The molecule has 244 valence electrons. The van der Waals surface area contributed by atoms with Crippen molar-refractivity contribution >= 4 is 29.6 Å². The number of hydrogen-bond acceptors (Lipinski definition) is 5. The molecule has 5 aliphatic heterocycles. The monoisotopic (exact) mass is 618 g/mol. The Labute approximate surface area is 278 Å². The van der Waals surface area contributed by atoms with Crippen molar-refractivity contribution in [1.29, 1.82) is 0 Å². The van der Waals surface area contributed by atoms with Crippen LogP contribution in [0.1, 0.15) is 130 Å². The van der Waals surface area contributed by atoms with E-state index in [1.165, 1.54) is 104 Å². The lowest BCUT2D eigenvalue weighted by atomic mass is 9.88. The van der Waals surface area contributed by atoms with Crippen molar-refractivity contribution in [2.75, 3.05) is 0 Å². The minimum absolute atomic E-state index is 0.932. The van der Waals surface area contributed by atoms with Gasteiger partial charge in [0.15, 0.2) is 0 Å². The summed E-state index contributed by atoms with van der Waals surface area (Å²) >= 11 is 0. The van der Waals surface area contributed by atoms with Gasteiger partial charge in [-0.1, -0.05) is 79.1 Å². The molecule has 5 aliphatic rings. The van der Waals surface area contributed by atoms with Gasteiger partial charge in [-0.15, -0.1) is 0 Å². The number of carbonyl (C=O) groups is 1. The van der Waals surface area contributed by atoms with Crippen LogP contribution in [0.3, 0.4) is 0 Å². The van der Waals surface area contributed by atoms with E-state index in [1.807, 2.05) is 6.79 Å². The number of rotatable bonds is 16. The molecule has 0 saturated carbocycles. The highest BCUT2D eigenvalue weighted by molar-refractivity contribution is 6.19. The largest absolute Gasteiger partial charge is 0.307 e. The summed E-state index contributed by atoms with van der Waals surface area (Å²) in [5.41, 5.74) is 14.0. The predicted molar refractivity (Wildman–Crippen MR) is 198 cm³/mol. The molecule has 0 N–H and O–H groups in total. The maximum Gasteiger partial charge on any atom is 0.106 e. The van der Waals surface area contributed by atoms with Crippen LogP contribution in [-0.4, -0.2) is 29.6 Å². The van der Waals surface area contributed by atoms with Crippen LogP contribution in [0.2, 0.25) is 0 Å². The second-order valence-corrected chi connectivity index (χ2v) is 12.7. The topological polar surface area (TPSA) is 66.5 Å². The van der Waals surface area contributed by atoms with E-state index >= 15 is 0 Å². The molecule has 0 aromatic carbocycles. The van der Waals surface area contributed by atoms with Crippen molar-refractivity contribution in [1.82, 2.24) is 0 Å². The lowest BCUT2D eigenvalue weighted by Gasteiger charge is -2.17. The van der Waals surface area contributed by atoms with E-state index < -0.39 is 0 Å². The first-order chi connectivity index (χ1) is 22.6. The summed E-state index contributed by atoms with van der Waals surface area (Å²) in [7, 11) is 0. The van der Waals surface area contributed by atoms with E-state index in [4.69, 9.17) is 24.8 Å². The summed E-state index contributed by atoms with van der Waals surface area (Å²) < 4.78 is 0. The molecule has 5 nitrogen and oxygen atoms in total. The van der Waals surface area contributed by atoms with Crippen LogP contribution in [0.15, 0.2) is 114 Å². The van der Waals surface area contributed by atoms with E-state index in [9.17, 15) is 0 Å². The molecule has 5 heterocycles. The molecule has 5 heteroatoms. The minimum Gasteiger partial charge on any atom is -0.307 e. The molecule has 0 atom stereocenters. The fraction of sp³-hybridized carbons (Fsp3) is 0.488. The molecule has 0 aromatic rings. The summed E-state index contributed by atoms with van der Waals surface area (Å²) in [6.45, 7) is 11.2. The van der Waals surface area contributed by atoms with Gasteiger partial charge in [0.25, 0.3) is 0 Å². The van der Waals surface area contributed by atoms with Crippen LogP contribution in [-0.2, 0) is 4.79 Å². The number of carbonyl (C=O) groups excluding carboxylic acids is 1. The van der Waals surface area contributed by atoms with Crippen LogP contribution in [0.4, 0.5) is 0 Å². The fourth-order valence-electron chi connectivity index (χ4n) is 6.60. The third-order valence-electron chi connectivity index (χ3n) is 9.01. The van der Waals surface area contributed by atoms with Crippen LogP contribution < -0.4 is 0 Å². The van der Waals surface area contributed by atoms with Crippen LogP contribution in [0, 0.1) is 0 Å². The lowest BCUT2D eigenvalue weighted by molar-refractivity contribution is -0.0980. The Morgan fingerprint density at radius 2 is 0.978 bits per heavy atom. The summed E-state index contributed by atoms with van der Waals surface area (Å²) in [5.74, 6) is 0. The van der Waals surface area contributed by atoms with Gasteiger partial charge in [-0.25, -0.2) is 20.0 Å². The van der Waals surface area contributed by atoms with Crippen molar-refractivity contribution in [2.24, 2.45) is 20.0 Å². The highest BCUT2D eigenvalue weighted by atomic mass is 16.1. The lowest BCUT2D eigenvalue weighted by Crippen LogP contribution is -2.09. The standard InChI is InChI=1S/C40H52N4.CH2O/c1-5-9-13-17-29-25-34-27-32-22-21-30(41-32)26-31-23-24-33(42-31)28-38-35(18-14-10-6-2)36(19-15-11-7-3)40(44-38)37(39(29)43-34)20-16-12-8-4;1-2/h21-28H,5-20H2,1-4H3;1H2. The SMILES string of the molecule is C=O.CCCCCC1=CC2=CC3=NC(=CC4=NC(=CC5=NC(=C(CCCCC)C1=N2)C(CCCCC)=C5CCCCC)C=C4)C=C3. The minimum atomic E-state index is 0.932. The first-order valence-corrected chi connectivity index (χ1v) is 18.0. The molecule has 46 heavy (non-hydrogen) atoms. The summed E-state index contributed by atoms with van der Waals surface area (Å²) in [5, 5.41) is 0. The Morgan fingerprint density at radius 1 is 0.478 bits per heavy atom. The average molecular weight is 619 g/mol. The van der Waals surface area contributed by atoms with Crippen molar-refractivity contribution < 1.29 is 4.79 Å². The van der Waals surface area contributed by atoms with Gasteiger partial charge in [0.2, 0.25) is 0 Å². The maximum absolute atomic E-state index is 8.00. The zero-order chi connectivity index (χ0) is 32.7. The number of unbranched alkanes of at least 4 members (excludes halogenated alkanes) is 8. The molecule has 0 radical (unpaired) electrons. The quantitative estimate of drug-likeness (QED) is 0.159. The van der Waals surface area contributed by atoms with Gasteiger partial charge in [0.1, 0.15) is 6.79 Å². The molecule has 5 rings (SSSR count). The van der Waals surface area contributed by atoms with Crippen LogP contribution >= 0.6 is 0 Å². The van der Waals surface area contributed by atoms with Gasteiger partial charge in [-0.05, 0) is 117 Å². The summed E-state index contributed by atoms with van der Waals surface area (Å²) in [6, 6.07) is 0. The van der Waals surface area contributed by atoms with Crippen LogP contribution in [0.25, 0.3) is 0 Å². The molecule has 8 bridgehead atoms. The maximum atomic E-state index is 8.00. The van der Waals surface area contributed by atoms with Crippen molar-refractivity contribution in [2.45, 2.75) is 130 Å². The van der Waals surface area contributed by atoms with Gasteiger partial charge < -0.3 is 4.79 Å². The van der Waals surface area contributed by atoms with Crippen molar-refractivity contribution in [3.8, 4) is 0 Å². The molecule has 0 aliphatic carbocycles. The highest BCUT2D eigenvalue weighted by Gasteiger charge is 2.29. The molecule has 0 aromatic heterocycles. The Hall–Kier alpha value is -3.73. The Bertz CT molecular complexity index is 1500. The van der Waals surface area contributed by atoms with Gasteiger partial charge in [-0.2, -0.15) is 0 Å². The van der Waals surface area contributed by atoms with E-state index in [0.717, 1.165) is 66.3 Å². The fourth-order valence-corrected chi connectivity index (χ4v) is 6.60. The third kappa shape index (κ3) is 9.18. The molecular formula is C41H54N4O. The van der Waals surface area contributed by atoms with E-state index in [2.05, 4.69) is 76.3 Å². The Balaban J connectivity index is 0.00000235. The van der Waals surface area contributed by atoms with Crippen molar-refractivity contribution in [3.63, 3.8) is 0 Å². The number of fused-ring (bicyclic) bond motifs is 4. The Kier molecular flexibility index (Phi) is 14.1. The van der Waals surface area contributed by atoms with Crippen molar-refractivity contribution in [3.05, 3.63) is 93.7 Å². The number of allylic oxidation sites excluding steroid dienone is 12. The first-order valence-electron chi connectivity index (χ1n) is 18.0. The summed E-state index contributed by atoms with van der Waals surface area (Å²) in [4.78, 5) is 28.8. The molecular weight excluding hydrogens is 564 g/mol. The van der Waals surface area contributed by atoms with E-state index in [0.29, 0.717) is 0 Å². The molecule has 0 amide bonds. The summed E-state index contributed by atoms with van der Waals surface area (Å²) in [6.07, 6.45) is 36.0. The second-order valence-electron chi connectivity index (χ2n) is 12.7. The van der Waals surface area contributed by atoms with Gasteiger partial charge in [0, 0.05) is 5.57 Å². The number of nitrogens with zero attached hydrogens (tertiary/aromatic N) is 4. The number of hydrogen-bond donors (Lipinski definition) is 0. The molecule has 0 unspecified atom stereocenters. The predicted octanol–water partition coefficient (Wildman–Crippen LogP) is 11.2. The normalized spacial score (nSPS) is 18.1. The smallest absolute Gasteiger partial charge is 0.106 e. The highest BCUT2D eigenvalue weighted by Crippen LogP contribution is 2.40. The van der Waals surface area contributed by atoms with Gasteiger partial charge in [0.05, 0.1) is 45.6 Å². The zero-order valence-electron chi connectivity index (χ0n) is 28.8. The van der Waals surface area contributed by atoms with E-state index in [1.54, 1.807) is 0 Å². The molecule has 0 spiro atoms. The van der Waals surface area contributed by atoms with E-state index in [-0.39, 0.29) is 0 Å². The Morgan fingerprint density at radius 3 is 1.57 bits per heavy atom. The van der Waals surface area contributed by atoms with Gasteiger partial charge in [-0.3, -0.25) is 0 Å². The number of aliphatic imine (C=N–C) groups is 4. The average Bonchev–Trinajstić information content (AvgIpc) is 3.86. The molecule has 0 fully saturated rings. The van der Waals surface area contributed by atoms with Crippen LogP contribution in [0.5, 0.6) is 0 Å².